The predicted octanol–water partition coefficient (Wildman–Crippen LogP) is 1.61. The Hall–Kier alpha value is -1.44. The van der Waals surface area contributed by atoms with Crippen molar-refractivity contribution in [2.45, 2.75) is 44.9 Å². The summed E-state index contributed by atoms with van der Waals surface area (Å²) in [5, 5.41) is 4.02. The Morgan fingerprint density at radius 2 is 2.00 bits per heavy atom. The van der Waals surface area contributed by atoms with Crippen LogP contribution in [0.2, 0.25) is 0 Å². The predicted molar refractivity (Wildman–Crippen MR) is 83.6 cm³/mol. The summed E-state index contributed by atoms with van der Waals surface area (Å²) in [4.78, 5) is 14.6. The van der Waals surface area contributed by atoms with Crippen molar-refractivity contribution in [2.75, 3.05) is 34.5 Å². The van der Waals surface area contributed by atoms with Gasteiger partial charge in [0, 0.05) is 21.3 Å². The molecule has 130 valence electrons. The van der Waals surface area contributed by atoms with Gasteiger partial charge >= 0.3 is 0 Å². The molecule has 0 saturated carbocycles. The number of hydrogen-bond acceptors (Lipinski definition) is 6. The van der Waals surface area contributed by atoms with Crippen molar-refractivity contribution >= 4 is 5.91 Å². The number of amides is 1. The number of rotatable bonds is 5. The van der Waals surface area contributed by atoms with Gasteiger partial charge < -0.3 is 23.6 Å². The van der Waals surface area contributed by atoms with Crippen LogP contribution in [0.3, 0.4) is 0 Å². The number of ether oxygens (including phenoxy) is 3. The Bertz CT molecular complexity index is 543. The van der Waals surface area contributed by atoms with E-state index in [1.165, 1.54) is 0 Å². The van der Waals surface area contributed by atoms with E-state index in [1.54, 1.807) is 33.1 Å². The minimum absolute atomic E-state index is 0.104. The average Bonchev–Trinajstić information content (AvgIpc) is 2.94. The van der Waals surface area contributed by atoms with Crippen molar-refractivity contribution in [1.82, 2.24) is 10.1 Å². The molecule has 0 aliphatic carbocycles. The van der Waals surface area contributed by atoms with Crippen LogP contribution in [0.15, 0.2) is 4.52 Å². The van der Waals surface area contributed by atoms with E-state index in [0.717, 1.165) is 0 Å². The fraction of sp³-hybridized carbons (Fsp3) is 0.750. The normalized spacial score (nSPS) is 24.9. The van der Waals surface area contributed by atoms with E-state index in [-0.39, 0.29) is 30.1 Å². The summed E-state index contributed by atoms with van der Waals surface area (Å²) in [6.45, 7) is 6.58. The van der Waals surface area contributed by atoms with Gasteiger partial charge in [0.05, 0.1) is 24.9 Å². The van der Waals surface area contributed by atoms with E-state index in [2.05, 4.69) is 5.16 Å². The van der Waals surface area contributed by atoms with Crippen LogP contribution in [-0.2, 0) is 14.2 Å². The van der Waals surface area contributed by atoms with Crippen LogP contribution < -0.4 is 0 Å². The Morgan fingerprint density at radius 3 is 2.57 bits per heavy atom. The largest absolute Gasteiger partial charge is 0.376 e. The quantitative estimate of drug-likeness (QED) is 0.818. The van der Waals surface area contributed by atoms with E-state index in [4.69, 9.17) is 18.7 Å². The molecule has 1 aromatic rings. The number of methoxy groups -OCH3 is 2. The topological polar surface area (TPSA) is 74.0 Å². The molecule has 3 atom stereocenters. The molecule has 2 rings (SSSR count). The van der Waals surface area contributed by atoms with E-state index in [1.807, 2.05) is 13.8 Å². The summed E-state index contributed by atoms with van der Waals surface area (Å²) >= 11 is 0. The number of carbonyl (C=O) groups is 1. The van der Waals surface area contributed by atoms with Crippen LogP contribution >= 0.6 is 0 Å². The molecule has 0 N–H and O–H groups in total. The second-order valence-corrected chi connectivity index (χ2v) is 6.15. The minimum Gasteiger partial charge on any atom is -0.376 e. The first-order valence-corrected chi connectivity index (χ1v) is 7.79. The van der Waals surface area contributed by atoms with Gasteiger partial charge in [0.25, 0.3) is 5.91 Å². The molecule has 23 heavy (non-hydrogen) atoms. The number of nitrogens with zero attached hydrogens (tertiary/aromatic N) is 2. The van der Waals surface area contributed by atoms with E-state index in [9.17, 15) is 4.79 Å². The van der Waals surface area contributed by atoms with Gasteiger partial charge in [0.1, 0.15) is 23.5 Å². The summed E-state index contributed by atoms with van der Waals surface area (Å²) < 4.78 is 21.8. The van der Waals surface area contributed by atoms with Gasteiger partial charge in [-0.25, -0.2) is 0 Å². The van der Waals surface area contributed by atoms with Crippen molar-refractivity contribution in [3.05, 3.63) is 17.0 Å². The maximum Gasteiger partial charge on any atom is 0.259 e. The zero-order valence-corrected chi connectivity index (χ0v) is 14.7. The van der Waals surface area contributed by atoms with E-state index >= 15 is 0 Å². The molecule has 0 bridgehead atoms. The van der Waals surface area contributed by atoms with Crippen LogP contribution in [0.25, 0.3) is 0 Å². The lowest BCUT2D eigenvalue weighted by molar-refractivity contribution is -0.147. The molecular formula is C16H26N2O5. The second kappa shape index (κ2) is 7.42. The zero-order chi connectivity index (χ0) is 17.1. The van der Waals surface area contributed by atoms with Gasteiger partial charge in [-0.05, 0) is 12.8 Å². The molecule has 7 nitrogen and oxygen atoms in total. The lowest BCUT2D eigenvalue weighted by atomic mass is 9.99. The number of likely N-dealkylation sites (N-methyl/N-ethyl adjacent to an activating group) is 1. The van der Waals surface area contributed by atoms with Gasteiger partial charge in [-0.3, -0.25) is 4.79 Å². The summed E-state index contributed by atoms with van der Waals surface area (Å²) in [6.07, 6.45) is -0.451. The molecule has 1 aliphatic heterocycles. The smallest absolute Gasteiger partial charge is 0.259 e. The SMILES string of the molecule is CO[C@H]1[C@H](N(C)C(=O)c2c(C(C)C)noc2C)COC[C@H]1OC. The number of aromatic nitrogens is 1. The monoisotopic (exact) mass is 326 g/mol. The van der Waals surface area contributed by atoms with Crippen LogP contribution in [0, 0.1) is 6.92 Å². The first kappa shape index (κ1) is 17.9. The molecule has 0 unspecified atom stereocenters. The Kier molecular flexibility index (Phi) is 5.78. The van der Waals surface area contributed by atoms with Gasteiger partial charge in [-0.2, -0.15) is 0 Å². The van der Waals surface area contributed by atoms with Crippen molar-refractivity contribution in [1.29, 1.82) is 0 Å². The highest BCUT2D eigenvalue weighted by molar-refractivity contribution is 5.96. The maximum atomic E-state index is 13.0. The zero-order valence-electron chi connectivity index (χ0n) is 14.7. The first-order valence-electron chi connectivity index (χ1n) is 7.79. The van der Waals surface area contributed by atoms with Crippen LogP contribution in [0.1, 0.15) is 41.6 Å². The molecule has 1 aromatic heterocycles. The molecule has 0 aromatic carbocycles. The highest BCUT2D eigenvalue weighted by Gasteiger charge is 2.40. The Morgan fingerprint density at radius 1 is 1.30 bits per heavy atom. The third-order valence-corrected chi connectivity index (χ3v) is 4.36. The molecule has 2 heterocycles. The number of aryl methyl sites for hydroxylation is 1. The molecule has 1 saturated heterocycles. The summed E-state index contributed by atoms with van der Waals surface area (Å²) in [5.74, 6) is 0.492. The summed E-state index contributed by atoms with van der Waals surface area (Å²) in [6, 6.07) is -0.236. The fourth-order valence-electron chi connectivity index (χ4n) is 2.96. The van der Waals surface area contributed by atoms with Gasteiger partial charge in [0.15, 0.2) is 0 Å². The highest BCUT2D eigenvalue weighted by Crippen LogP contribution is 2.25. The Balaban J connectivity index is 2.27. The minimum atomic E-state index is -0.245. The van der Waals surface area contributed by atoms with E-state index in [0.29, 0.717) is 30.2 Å². The third kappa shape index (κ3) is 3.41. The third-order valence-electron chi connectivity index (χ3n) is 4.36. The molecule has 0 spiro atoms. The van der Waals surface area contributed by atoms with Crippen LogP contribution in [0.5, 0.6) is 0 Å². The summed E-state index contributed by atoms with van der Waals surface area (Å²) in [7, 11) is 4.99. The van der Waals surface area contributed by atoms with Crippen molar-refractivity contribution in [3.8, 4) is 0 Å². The molecular weight excluding hydrogens is 300 g/mol. The second-order valence-electron chi connectivity index (χ2n) is 6.15. The molecule has 7 heteroatoms. The van der Waals surface area contributed by atoms with Gasteiger partial charge in [-0.15, -0.1) is 0 Å². The van der Waals surface area contributed by atoms with Crippen molar-refractivity contribution in [3.63, 3.8) is 0 Å². The van der Waals surface area contributed by atoms with Crippen LogP contribution in [0.4, 0.5) is 0 Å². The fourth-order valence-corrected chi connectivity index (χ4v) is 2.96. The van der Waals surface area contributed by atoms with Crippen molar-refractivity contribution < 1.29 is 23.5 Å². The average molecular weight is 326 g/mol. The molecule has 1 fully saturated rings. The van der Waals surface area contributed by atoms with Crippen molar-refractivity contribution in [2.24, 2.45) is 0 Å². The molecule has 1 aliphatic rings. The standard InChI is InChI=1S/C16H26N2O5/c1-9(2)14-13(10(3)23-17-14)16(19)18(4)11-7-22-8-12(20-5)15(11)21-6/h9,11-12,15H,7-8H2,1-6H3/t11-,12-,15+/m1/s1. The lowest BCUT2D eigenvalue weighted by Crippen LogP contribution is -2.57. The lowest BCUT2D eigenvalue weighted by Gasteiger charge is -2.40. The molecule has 1 amide bonds. The van der Waals surface area contributed by atoms with Crippen LogP contribution in [-0.4, -0.2) is 68.7 Å². The van der Waals surface area contributed by atoms with E-state index < -0.39 is 0 Å². The van der Waals surface area contributed by atoms with Gasteiger partial charge in [0.2, 0.25) is 0 Å². The highest BCUT2D eigenvalue weighted by atomic mass is 16.6. The van der Waals surface area contributed by atoms with Gasteiger partial charge in [-0.1, -0.05) is 19.0 Å². The maximum absolute atomic E-state index is 13.0. The number of carbonyl (C=O) groups excluding carboxylic acids is 1. The first-order chi connectivity index (χ1) is 10.9. The molecule has 0 radical (unpaired) electrons. The summed E-state index contributed by atoms with van der Waals surface area (Å²) in [5.41, 5.74) is 1.20. The number of hydrogen-bond donors (Lipinski definition) is 0. The Labute approximate surface area is 136 Å².